The van der Waals surface area contributed by atoms with E-state index in [9.17, 15) is 0 Å². The van der Waals surface area contributed by atoms with Crippen molar-refractivity contribution in [3.05, 3.63) is 126 Å². The summed E-state index contributed by atoms with van der Waals surface area (Å²) in [5.41, 5.74) is 4.67. The summed E-state index contributed by atoms with van der Waals surface area (Å²) in [4.78, 5) is 6.10. The molecule has 0 radical (unpaired) electrons. The van der Waals surface area contributed by atoms with Gasteiger partial charge in [-0.25, -0.2) is 0 Å². The fourth-order valence-corrected chi connectivity index (χ4v) is 20.3. The van der Waals surface area contributed by atoms with E-state index >= 15 is 0 Å². The topological polar surface area (TPSA) is 25.8 Å². The molecule has 7 heteroatoms. The monoisotopic (exact) mass is 786 g/mol. The highest BCUT2D eigenvalue weighted by Crippen LogP contribution is 2.46. The van der Waals surface area contributed by atoms with Crippen LogP contribution in [0, 0.1) is 13.8 Å². The number of aromatic nitrogens is 2. The summed E-state index contributed by atoms with van der Waals surface area (Å²) < 4.78 is 9.31. The Hall–Kier alpha value is -3.25. The molecule has 272 valence electrons. The van der Waals surface area contributed by atoms with Crippen LogP contribution in [0.25, 0.3) is 31.2 Å². The van der Waals surface area contributed by atoms with Crippen LogP contribution in [0.15, 0.2) is 115 Å². The highest BCUT2D eigenvalue weighted by molar-refractivity contribution is 7.79. The molecule has 0 saturated carbocycles. The van der Waals surface area contributed by atoms with E-state index in [1.54, 1.807) is 20.1 Å². The average molecular weight is 787 g/mol. The summed E-state index contributed by atoms with van der Waals surface area (Å²) in [5.74, 6) is 0. The van der Waals surface area contributed by atoms with Crippen molar-refractivity contribution in [3.63, 3.8) is 0 Å². The normalized spacial score (nSPS) is 12.8. The predicted octanol–water partition coefficient (Wildman–Crippen LogP) is 12.2. The molecule has 0 atom stereocenters. The minimum absolute atomic E-state index is 0.446. The van der Waals surface area contributed by atoms with Gasteiger partial charge in [-0.15, -0.1) is 22.7 Å². The van der Waals surface area contributed by atoms with Gasteiger partial charge in [0, 0.05) is 25.1 Å². The van der Waals surface area contributed by atoms with E-state index in [1.807, 2.05) is 22.7 Å². The molecule has 0 amide bonds. The van der Waals surface area contributed by atoms with Gasteiger partial charge >= 0.3 is 0 Å². The van der Waals surface area contributed by atoms with E-state index in [2.05, 4.69) is 147 Å². The summed E-state index contributed by atoms with van der Waals surface area (Å²) in [6.07, 6.45) is 10.9. The number of rotatable bonds is 14. The van der Waals surface area contributed by atoms with Crippen molar-refractivity contribution in [3.8, 4) is 20.2 Å². The van der Waals surface area contributed by atoms with Crippen LogP contribution in [0.3, 0.4) is 0 Å². The zero-order chi connectivity index (χ0) is 36.6. The summed E-state index contributed by atoms with van der Waals surface area (Å²) in [5, 5.41) is 7.72. The number of fused-ring (bicyclic) bond motifs is 4. The van der Waals surface area contributed by atoms with E-state index in [-0.39, 0.29) is 0 Å². The fourth-order valence-electron chi connectivity index (χ4n) is 7.97. The molecule has 0 N–H and O–H groups in total. The third kappa shape index (κ3) is 8.23. The van der Waals surface area contributed by atoms with Gasteiger partial charge in [-0.2, -0.15) is 8.75 Å². The van der Waals surface area contributed by atoms with E-state index in [0.717, 1.165) is 11.0 Å². The molecule has 1 aliphatic heterocycles. The molecule has 53 heavy (non-hydrogen) atoms. The summed E-state index contributed by atoms with van der Waals surface area (Å²) in [7, 11) is -2.19. The molecule has 0 fully saturated rings. The number of thiophene rings is 2. The van der Waals surface area contributed by atoms with Crippen molar-refractivity contribution in [2.45, 2.75) is 91.1 Å². The lowest BCUT2D eigenvalue weighted by Gasteiger charge is -2.29. The zero-order valence-electron chi connectivity index (χ0n) is 31.6. The molecule has 0 spiro atoms. The van der Waals surface area contributed by atoms with Gasteiger partial charge in [0.15, 0.2) is 0 Å². The van der Waals surface area contributed by atoms with Gasteiger partial charge in [-0.1, -0.05) is 168 Å². The highest BCUT2D eigenvalue weighted by atomic mass is 32.1. The highest BCUT2D eigenvalue weighted by Gasteiger charge is 2.47. The third-order valence-electron chi connectivity index (χ3n) is 10.7. The van der Waals surface area contributed by atoms with E-state index < -0.39 is 16.0 Å². The summed E-state index contributed by atoms with van der Waals surface area (Å²) >= 11 is 5.42. The second-order valence-corrected chi connectivity index (χ2v) is 23.7. The Balaban J connectivity index is 0.000000193. The Kier molecular flexibility index (Phi) is 12.9. The van der Waals surface area contributed by atoms with Gasteiger partial charge in [0.05, 0.1) is 11.7 Å². The number of unbranched alkanes of at least 4 members (excludes halogenated alkanes) is 6. The van der Waals surface area contributed by atoms with Crippen molar-refractivity contribution in [2.75, 3.05) is 0 Å². The third-order valence-corrected chi connectivity index (χ3v) is 21.6. The Morgan fingerprint density at radius 1 is 0.547 bits per heavy atom. The smallest absolute Gasteiger partial charge is 0.122 e. The minimum atomic E-state index is -1.74. The summed E-state index contributed by atoms with van der Waals surface area (Å²) in [6.45, 7) is 9.11. The van der Waals surface area contributed by atoms with Crippen LogP contribution in [0.5, 0.6) is 0 Å². The first-order valence-electron chi connectivity index (χ1n) is 19.5. The molecule has 0 saturated heterocycles. The van der Waals surface area contributed by atoms with Crippen LogP contribution in [0.2, 0.25) is 12.1 Å². The van der Waals surface area contributed by atoms with E-state index in [0.29, 0.717) is 0 Å². The number of benzene rings is 4. The second-order valence-electron chi connectivity index (χ2n) is 14.4. The van der Waals surface area contributed by atoms with E-state index in [4.69, 9.17) is 4.37 Å². The van der Waals surface area contributed by atoms with Crippen LogP contribution in [0.4, 0.5) is 0 Å². The van der Waals surface area contributed by atoms with Crippen molar-refractivity contribution in [1.82, 2.24) is 8.75 Å². The molecular weight excluding hydrogens is 736 g/mol. The second kappa shape index (κ2) is 17.9. The lowest BCUT2D eigenvalue weighted by molar-refractivity contribution is 0.684. The molecule has 4 aromatic carbocycles. The molecular formula is C46H51N2PS3Si. The first-order chi connectivity index (χ1) is 26.0. The van der Waals surface area contributed by atoms with Crippen molar-refractivity contribution in [2.24, 2.45) is 0 Å². The van der Waals surface area contributed by atoms with Gasteiger partial charge < -0.3 is 0 Å². The number of hydrogen-bond donors (Lipinski definition) is 0. The van der Waals surface area contributed by atoms with Gasteiger partial charge in [0.1, 0.15) is 19.1 Å². The first-order valence-corrected chi connectivity index (χ1v) is 25.6. The van der Waals surface area contributed by atoms with Gasteiger partial charge in [0.25, 0.3) is 0 Å². The Bertz CT molecular complexity index is 2100. The van der Waals surface area contributed by atoms with Crippen molar-refractivity contribution in [1.29, 1.82) is 0 Å². The molecule has 4 heterocycles. The van der Waals surface area contributed by atoms with Crippen molar-refractivity contribution >= 4 is 87.7 Å². The molecule has 8 rings (SSSR count). The standard InChI is InChI=1S/C28H36N2S3Si.C18H15P/c1-5-7-9-11-15-34(16-12-10-8-6-2)23-17-20(4)31-27(23)28-24(34)18-22(32-28)21-14-13-19(3)25-26(21)30-33-29-25;1-4-10-16(11-5-1)19(17-12-6-2-7-13-17)18-14-8-3-9-15-18/h13-14,17-18H,5-12,15-16H2,1-4H3;1-15H. The lowest BCUT2D eigenvalue weighted by atomic mass is 10.1. The zero-order valence-corrected chi connectivity index (χ0v) is 36.0. The molecule has 3 aromatic heterocycles. The molecule has 0 bridgehead atoms. The molecule has 0 unspecified atom stereocenters. The van der Waals surface area contributed by atoms with Crippen LogP contribution < -0.4 is 26.3 Å². The van der Waals surface area contributed by atoms with Crippen molar-refractivity contribution < 1.29 is 0 Å². The fraction of sp³-hybridized carbons (Fsp3) is 0.304. The average Bonchev–Trinajstić information content (AvgIpc) is 3.99. The number of aryl methyl sites for hydroxylation is 2. The quantitative estimate of drug-likeness (QED) is 0.0623. The maximum absolute atomic E-state index is 4.71. The Morgan fingerprint density at radius 2 is 1.06 bits per heavy atom. The Labute approximate surface area is 331 Å². The van der Waals surface area contributed by atoms with E-state index in [1.165, 1.54) is 112 Å². The van der Waals surface area contributed by atoms with Gasteiger partial charge in [-0.3, -0.25) is 0 Å². The maximum Gasteiger partial charge on any atom is 0.122 e. The van der Waals surface area contributed by atoms with Crippen LogP contribution in [-0.4, -0.2) is 16.8 Å². The molecule has 0 aliphatic carbocycles. The number of nitrogens with zero attached hydrogens (tertiary/aromatic N) is 2. The van der Waals surface area contributed by atoms with Crippen LogP contribution in [0.1, 0.15) is 75.7 Å². The predicted molar refractivity (Wildman–Crippen MR) is 242 cm³/mol. The first kappa shape index (κ1) is 38.0. The van der Waals surface area contributed by atoms with Crippen LogP contribution >= 0.6 is 42.3 Å². The SMILES string of the molecule is CCCCCC[Si]1(CCCCCC)c2cc(C)sc2-c2sc(-c3ccc(C)c4nsnc34)cc21.c1ccc(P(c2ccccc2)c2ccccc2)cc1. The van der Waals surface area contributed by atoms with Gasteiger partial charge in [-0.05, 0) is 77.8 Å². The number of hydrogen-bond acceptors (Lipinski definition) is 5. The lowest BCUT2D eigenvalue weighted by Crippen LogP contribution is -2.54. The largest absolute Gasteiger partial charge is 0.173 e. The minimum Gasteiger partial charge on any atom is -0.173 e. The summed E-state index contributed by atoms with van der Waals surface area (Å²) in [6, 6.07) is 44.9. The molecule has 2 nitrogen and oxygen atoms in total. The molecule has 1 aliphatic rings. The van der Waals surface area contributed by atoms with Gasteiger partial charge in [0.2, 0.25) is 0 Å². The van der Waals surface area contributed by atoms with Crippen LogP contribution in [-0.2, 0) is 0 Å². The molecule has 7 aromatic rings. The Morgan fingerprint density at radius 3 is 1.60 bits per heavy atom. The maximum atomic E-state index is 4.71.